The number of carboxylic acid groups (broad SMARTS) is 2. The predicted octanol–water partition coefficient (Wildman–Crippen LogP) is 4.81. The number of likely N-dealkylation sites (tertiary alicyclic amines) is 1. The summed E-state index contributed by atoms with van der Waals surface area (Å²) >= 11 is 0. The molecule has 0 aromatic heterocycles. The number of amides is 1. The van der Waals surface area contributed by atoms with Crippen molar-refractivity contribution in [2.45, 2.75) is 94.3 Å². The molecule has 2 aliphatic heterocycles. The van der Waals surface area contributed by atoms with Gasteiger partial charge in [-0.3, -0.25) is 14.9 Å². The number of ether oxygens (including phenoxy) is 2. The van der Waals surface area contributed by atoms with E-state index in [4.69, 9.17) is 14.6 Å². The molecule has 14 nitrogen and oxygen atoms in total. The number of para-hydroxylation sites is 1. The number of anilines is 1. The van der Waals surface area contributed by atoms with Crippen molar-refractivity contribution >= 4 is 39.5 Å². The molecule has 5 N–H and O–H groups in total. The number of fused-ring (bicyclic) bond motifs is 1. The number of carboxylic acids is 2. The fraction of sp³-hybridized carbons (Fsp3) is 0.450. The van der Waals surface area contributed by atoms with Gasteiger partial charge in [0.1, 0.15) is 22.7 Å². The number of aryl methyl sites for hydroxylation is 1. The molecule has 296 valence electrons. The molecule has 55 heavy (non-hydrogen) atoms. The number of benzene rings is 3. The third kappa shape index (κ3) is 10.4. The fourth-order valence-corrected chi connectivity index (χ4v) is 8.41. The van der Waals surface area contributed by atoms with Crippen molar-refractivity contribution in [2.75, 3.05) is 24.6 Å². The summed E-state index contributed by atoms with van der Waals surface area (Å²) in [6, 6.07) is 18.9. The van der Waals surface area contributed by atoms with Crippen molar-refractivity contribution in [3.63, 3.8) is 0 Å². The van der Waals surface area contributed by atoms with Crippen LogP contribution >= 0.6 is 0 Å². The first-order valence-corrected chi connectivity index (χ1v) is 20.3. The maximum absolute atomic E-state index is 13.2. The van der Waals surface area contributed by atoms with Gasteiger partial charge in [0.05, 0.1) is 23.9 Å². The number of rotatable bonds is 14. The molecule has 3 fully saturated rings. The third-order valence-corrected chi connectivity index (χ3v) is 11.2. The monoisotopic (exact) mass is 778 g/mol. The zero-order chi connectivity index (χ0) is 39.7. The molecule has 0 spiro atoms. The Morgan fingerprint density at radius 1 is 0.945 bits per heavy atom. The van der Waals surface area contributed by atoms with Gasteiger partial charge in [-0.1, -0.05) is 55.0 Å². The van der Waals surface area contributed by atoms with Crippen LogP contribution in [-0.2, 0) is 35.6 Å². The van der Waals surface area contributed by atoms with Crippen molar-refractivity contribution < 1.29 is 47.3 Å². The minimum atomic E-state index is -4.18. The van der Waals surface area contributed by atoms with Gasteiger partial charge in [-0.15, -0.1) is 0 Å². The van der Waals surface area contributed by atoms with E-state index in [1.807, 2.05) is 41.3 Å². The van der Waals surface area contributed by atoms with Gasteiger partial charge in [0.15, 0.2) is 5.75 Å². The van der Waals surface area contributed by atoms with Gasteiger partial charge >= 0.3 is 17.9 Å². The van der Waals surface area contributed by atoms with Gasteiger partial charge in [-0.2, -0.15) is 0 Å². The Balaban J connectivity index is 0.000000214. The van der Waals surface area contributed by atoms with E-state index in [0.717, 1.165) is 43.7 Å². The summed E-state index contributed by atoms with van der Waals surface area (Å²) in [6.45, 7) is 5.11. The van der Waals surface area contributed by atoms with Crippen molar-refractivity contribution in [2.24, 2.45) is 11.1 Å². The average Bonchev–Trinajstić information content (AvgIpc) is 3.93. The van der Waals surface area contributed by atoms with Crippen LogP contribution in [0.4, 0.5) is 5.69 Å². The lowest BCUT2D eigenvalue weighted by Gasteiger charge is -2.31. The molecule has 3 aromatic rings. The van der Waals surface area contributed by atoms with Crippen LogP contribution in [0.3, 0.4) is 0 Å². The van der Waals surface area contributed by atoms with E-state index in [1.165, 1.54) is 6.07 Å². The van der Waals surface area contributed by atoms with E-state index in [9.17, 15) is 37.8 Å². The van der Waals surface area contributed by atoms with Gasteiger partial charge in [-0.05, 0) is 94.5 Å². The van der Waals surface area contributed by atoms with Crippen LogP contribution in [-0.4, -0.2) is 91.2 Å². The number of aliphatic carboxylic acids is 1. The van der Waals surface area contributed by atoms with Crippen molar-refractivity contribution in [3.8, 4) is 11.5 Å². The van der Waals surface area contributed by atoms with Crippen LogP contribution in [0.2, 0.25) is 0 Å². The predicted molar refractivity (Wildman–Crippen MR) is 205 cm³/mol. The molecule has 2 saturated heterocycles. The van der Waals surface area contributed by atoms with Crippen LogP contribution in [0.1, 0.15) is 74.7 Å². The lowest BCUT2D eigenvalue weighted by molar-refractivity contribution is -0.151. The second-order valence-electron chi connectivity index (χ2n) is 14.1. The maximum atomic E-state index is 13.2. The number of esters is 1. The number of hydrogen-bond acceptors (Lipinski definition) is 10. The van der Waals surface area contributed by atoms with Crippen molar-refractivity contribution in [3.05, 3.63) is 83.9 Å². The summed E-state index contributed by atoms with van der Waals surface area (Å²) in [6.07, 6.45) is 6.41. The number of aromatic carboxylic acids is 1. The SMILES string of the molecule is CCOC(=O)[C@H](CCc1ccccc1)N[C@@H](C)C(=O)N1[C@H](C(=O)O)C[C@@H]2CCC[C@@H]21.NS(=O)(=O)c1cc(C(=O)O)cc(N2CCCC2)c1Oc1ccccc1. The number of sulfonamides is 1. The molecule has 1 aliphatic carbocycles. The fourth-order valence-electron chi connectivity index (χ4n) is 7.72. The zero-order valence-corrected chi connectivity index (χ0v) is 32.0. The Bertz CT molecular complexity index is 1920. The third-order valence-electron chi connectivity index (χ3n) is 10.3. The van der Waals surface area contributed by atoms with Crippen molar-refractivity contribution in [1.82, 2.24) is 10.2 Å². The maximum Gasteiger partial charge on any atom is 0.335 e. The highest BCUT2D eigenvalue weighted by Crippen LogP contribution is 2.42. The molecular formula is C40H50N4O10S. The van der Waals surface area contributed by atoms with Crippen LogP contribution < -0.4 is 20.1 Å². The lowest BCUT2D eigenvalue weighted by Crippen LogP contribution is -2.55. The van der Waals surface area contributed by atoms with Gasteiger partial charge < -0.3 is 29.5 Å². The summed E-state index contributed by atoms with van der Waals surface area (Å²) in [5.74, 6) is -2.04. The topological polar surface area (TPSA) is 206 Å². The molecule has 6 rings (SSSR count). The summed E-state index contributed by atoms with van der Waals surface area (Å²) in [5.41, 5.74) is 1.38. The Kier molecular flexibility index (Phi) is 13.9. The normalized spacial score (nSPS) is 20.2. The molecule has 1 saturated carbocycles. The van der Waals surface area contributed by atoms with Crippen LogP contribution in [0, 0.1) is 5.92 Å². The molecule has 0 bridgehead atoms. The van der Waals surface area contributed by atoms with Crippen molar-refractivity contribution in [1.29, 1.82) is 0 Å². The number of nitrogens with two attached hydrogens (primary N) is 1. The zero-order valence-electron chi connectivity index (χ0n) is 31.1. The number of primary sulfonamides is 1. The molecule has 0 unspecified atom stereocenters. The number of carbonyl (C=O) groups excluding carboxylic acids is 2. The quantitative estimate of drug-likeness (QED) is 0.163. The van der Waals surface area contributed by atoms with Crippen LogP contribution in [0.5, 0.6) is 11.5 Å². The first-order chi connectivity index (χ1) is 26.3. The number of nitrogens with zero attached hydrogens (tertiary/aromatic N) is 2. The Hall–Kier alpha value is -4.99. The number of hydrogen-bond donors (Lipinski definition) is 4. The summed E-state index contributed by atoms with van der Waals surface area (Å²) in [5, 5.41) is 27.4. The van der Waals surface area contributed by atoms with E-state index >= 15 is 0 Å². The Morgan fingerprint density at radius 3 is 2.20 bits per heavy atom. The summed E-state index contributed by atoms with van der Waals surface area (Å²) in [4.78, 5) is 52.1. The number of carbonyl (C=O) groups is 4. The smallest absolute Gasteiger partial charge is 0.335 e. The molecule has 0 radical (unpaired) electrons. The first kappa shape index (κ1) is 41.2. The molecule has 2 heterocycles. The second-order valence-corrected chi connectivity index (χ2v) is 15.6. The highest BCUT2D eigenvalue weighted by atomic mass is 32.2. The van der Waals surface area contributed by atoms with E-state index in [-0.39, 0.29) is 46.7 Å². The highest BCUT2D eigenvalue weighted by Gasteiger charge is 2.49. The molecule has 15 heteroatoms. The average molecular weight is 779 g/mol. The van der Waals surface area contributed by atoms with Gasteiger partial charge in [0.2, 0.25) is 15.9 Å². The summed E-state index contributed by atoms with van der Waals surface area (Å²) < 4.78 is 35.2. The van der Waals surface area contributed by atoms with E-state index < -0.39 is 40.1 Å². The highest BCUT2D eigenvalue weighted by molar-refractivity contribution is 7.89. The first-order valence-electron chi connectivity index (χ1n) is 18.7. The van der Waals surface area contributed by atoms with Crippen LogP contribution in [0.15, 0.2) is 77.7 Å². The molecule has 1 amide bonds. The minimum absolute atomic E-state index is 0.00629. The molecule has 3 aliphatic rings. The van der Waals surface area contributed by atoms with Crippen LogP contribution in [0.25, 0.3) is 0 Å². The van der Waals surface area contributed by atoms with E-state index in [0.29, 0.717) is 43.8 Å². The van der Waals surface area contributed by atoms with Gasteiger partial charge in [0, 0.05) is 19.1 Å². The second kappa shape index (κ2) is 18.6. The van der Waals surface area contributed by atoms with Gasteiger partial charge in [0.25, 0.3) is 0 Å². The Morgan fingerprint density at radius 2 is 1.60 bits per heavy atom. The molecule has 5 atom stereocenters. The lowest BCUT2D eigenvalue weighted by atomic mass is 10.0. The standard InChI is InChI=1S/C23H32N2O5.C17H18N2O5S/c1-3-30-23(29)18(13-12-16-8-5-4-6-9-16)24-15(2)21(26)25-19-11-7-10-17(19)14-20(25)22(27)28;18-25(22,23)15-11-12(17(20)21)10-14(19-8-4-5-9-19)16(15)24-13-6-2-1-3-7-13/h4-6,8-9,15,17-20,24H,3,7,10-14H2,1-2H3,(H,27,28);1-3,6-7,10-11H,4-5,8-9H2,(H,20,21)(H2,18,22,23)/t15-,17-,18-,19-,20-;/m0./s1. The minimum Gasteiger partial charge on any atom is -0.480 e. The summed E-state index contributed by atoms with van der Waals surface area (Å²) in [7, 11) is -4.18. The molecule has 3 aromatic carbocycles. The number of nitrogens with one attached hydrogen (secondary N) is 1. The Labute approximate surface area is 321 Å². The van der Waals surface area contributed by atoms with E-state index in [1.54, 1.807) is 43.0 Å². The molecular weight excluding hydrogens is 729 g/mol. The largest absolute Gasteiger partial charge is 0.480 e. The van der Waals surface area contributed by atoms with Gasteiger partial charge in [-0.25, -0.2) is 23.1 Å². The van der Waals surface area contributed by atoms with E-state index in [2.05, 4.69) is 5.32 Å².